The molecule has 1 atom stereocenters. The number of benzene rings is 2. The molecule has 0 saturated heterocycles. The molecule has 0 spiro atoms. The molecule has 0 N–H and O–H groups in total. The Hall–Kier alpha value is -2.82. The first-order valence-corrected chi connectivity index (χ1v) is 9.81. The smallest absolute Gasteiger partial charge is 0.410 e. The van der Waals surface area contributed by atoms with E-state index < -0.39 is 6.09 Å². The van der Waals surface area contributed by atoms with Gasteiger partial charge in [-0.05, 0) is 48.9 Å². The Bertz CT molecular complexity index is 819. The molecule has 0 aromatic heterocycles. The van der Waals surface area contributed by atoms with Gasteiger partial charge in [0.15, 0.2) is 0 Å². The van der Waals surface area contributed by atoms with Crippen molar-refractivity contribution >= 4 is 12.1 Å². The van der Waals surface area contributed by atoms with Crippen LogP contribution >= 0.6 is 0 Å². The van der Waals surface area contributed by atoms with E-state index in [1.54, 1.807) is 11.8 Å². The number of hydrogen-bond acceptors (Lipinski definition) is 4. The van der Waals surface area contributed by atoms with Gasteiger partial charge in [-0.3, -0.25) is 4.79 Å². The summed E-state index contributed by atoms with van der Waals surface area (Å²) in [5.74, 6) is -0.301. The summed E-state index contributed by atoms with van der Waals surface area (Å²) >= 11 is 0. The second-order valence-corrected chi connectivity index (χ2v) is 7.01. The van der Waals surface area contributed by atoms with Crippen LogP contribution in [-0.2, 0) is 27.3 Å². The van der Waals surface area contributed by atoms with Crippen LogP contribution < -0.4 is 0 Å². The van der Waals surface area contributed by atoms with Crippen molar-refractivity contribution in [1.29, 1.82) is 0 Å². The molecule has 5 nitrogen and oxygen atoms in total. The van der Waals surface area contributed by atoms with Gasteiger partial charge < -0.3 is 14.4 Å². The SMILES string of the molecule is CCOC(=O)CC1c2c(C)cccc2CCCN1C(=O)OCc1ccccc1. The molecule has 0 saturated carbocycles. The van der Waals surface area contributed by atoms with Gasteiger partial charge in [-0.25, -0.2) is 4.79 Å². The molecule has 1 amide bonds. The lowest BCUT2D eigenvalue weighted by molar-refractivity contribution is -0.144. The highest BCUT2D eigenvalue weighted by atomic mass is 16.6. The van der Waals surface area contributed by atoms with E-state index in [1.807, 2.05) is 49.4 Å². The number of ether oxygens (including phenoxy) is 2. The average Bonchev–Trinajstić information content (AvgIpc) is 2.87. The highest BCUT2D eigenvalue weighted by Crippen LogP contribution is 2.34. The zero-order valence-corrected chi connectivity index (χ0v) is 16.5. The second-order valence-electron chi connectivity index (χ2n) is 7.01. The van der Waals surface area contributed by atoms with Crippen LogP contribution in [-0.4, -0.2) is 30.1 Å². The molecule has 0 aliphatic carbocycles. The maximum absolute atomic E-state index is 12.9. The fraction of sp³-hybridized carbons (Fsp3) is 0.391. The summed E-state index contributed by atoms with van der Waals surface area (Å²) in [5, 5.41) is 0. The Morgan fingerprint density at radius 3 is 2.61 bits per heavy atom. The largest absolute Gasteiger partial charge is 0.466 e. The van der Waals surface area contributed by atoms with E-state index in [9.17, 15) is 9.59 Å². The molecule has 148 valence electrons. The lowest BCUT2D eigenvalue weighted by atomic mass is 9.92. The number of hydrogen-bond donors (Lipinski definition) is 0. The molecule has 0 bridgehead atoms. The van der Waals surface area contributed by atoms with Gasteiger partial charge in [0.05, 0.1) is 19.1 Å². The van der Waals surface area contributed by atoms with Crippen LogP contribution in [0.2, 0.25) is 0 Å². The maximum Gasteiger partial charge on any atom is 0.410 e. The fourth-order valence-corrected chi connectivity index (χ4v) is 3.80. The Kier molecular flexibility index (Phi) is 6.69. The molecule has 5 heteroatoms. The third kappa shape index (κ3) is 4.71. The zero-order chi connectivity index (χ0) is 19.9. The number of esters is 1. The van der Waals surface area contributed by atoms with Gasteiger partial charge in [0, 0.05) is 6.54 Å². The highest BCUT2D eigenvalue weighted by Gasteiger charge is 2.33. The van der Waals surface area contributed by atoms with Crippen LogP contribution in [0.25, 0.3) is 0 Å². The van der Waals surface area contributed by atoms with Crippen molar-refractivity contribution in [1.82, 2.24) is 4.90 Å². The van der Waals surface area contributed by atoms with Gasteiger partial charge in [-0.2, -0.15) is 0 Å². The van der Waals surface area contributed by atoms with Gasteiger partial charge >= 0.3 is 12.1 Å². The topological polar surface area (TPSA) is 55.8 Å². The summed E-state index contributed by atoms with van der Waals surface area (Å²) in [6, 6.07) is 15.4. The zero-order valence-electron chi connectivity index (χ0n) is 16.5. The normalized spacial score (nSPS) is 16.1. The minimum absolute atomic E-state index is 0.131. The molecule has 1 aliphatic rings. The molecule has 28 heavy (non-hydrogen) atoms. The van der Waals surface area contributed by atoms with E-state index in [1.165, 1.54) is 5.56 Å². The maximum atomic E-state index is 12.9. The third-order valence-electron chi connectivity index (χ3n) is 5.07. The first-order chi connectivity index (χ1) is 13.6. The lowest BCUT2D eigenvalue weighted by Crippen LogP contribution is -2.37. The molecule has 3 rings (SSSR count). The summed E-state index contributed by atoms with van der Waals surface area (Å²) < 4.78 is 10.8. The van der Waals surface area contributed by atoms with Crippen LogP contribution in [0.5, 0.6) is 0 Å². The van der Waals surface area contributed by atoms with E-state index in [-0.39, 0.29) is 25.0 Å². The van der Waals surface area contributed by atoms with Crippen molar-refractivity contribution < 1.29 is 19.1 Å². The summed E-state index contributed by atoms with van der Waals surface area (Å²) in [5.41, 5.74) is 4.25. The molecule has 1 heterocycles. The molecule has 1 aliphatic heterocycles. The molecule has 1 unspecified atom stereocenters. The predicted octanol–water partition coefficient (Wildman–Crippen LogP) is 4.57. The van der Waals surface area contributed by atoms with E-state index in [2.05, 4.69) is 6.07 Å². The Labute approximate surface area is 166 Å². The van der Waals surface area contributed by atoms with E-state index in [4.69, 9.17) is 9.47 Å². The van der Waals surface area contributed by atoms with Crippen molar-refractivity contribution in [3.05, 3.63) is 70.8 Å². The molecule has 0 fully saturated rings. The summed E-state index contributed by atoms with van der Waals surface area (Å²) in [4.78, 5) is 26.9. The van der Waals surface area contributed by atoms with Gasteiger partial charge in [-0.15, -0.1) is 0 Å². The van der Waals surface area contributed by atoms with Crippen molar-refractivity contribution in [2.24, 2.45) is 0 Å². The number of aryl methyl sites for hydroxylation is 2. The Morgan fingerprint density at radius 2 is 1.86 bits per heavy atom. The van der Waals surface area contributed by atoms with Gasteiger partial charge in [0.1, 0.15) is 6.61 Å². The fourth-order valence-electron chi connectivity index (χ4n) is 3.80. The number of nitrogens with zero attached hydrogens (tertiary/aromatic N) is 1. The van der Waals surface area contributed by atoms with E-state index >= 15 is 0 Å². The quantitative estimate of drug-likeness (QED) is 0.712. The highest BCUT2D eigenvalue weighted by molar-refractivity contribution is 5.74. The minimum Gasteiger partial charge on any atom is -0.466 e. The molecular weight excluding hydrogens is 354 g/mol. The molecule has 0 radical (unpaired) electrons. The van der Waals surface area contributed by atoms with Crippen LogP contribution in [0.3, 0.4) is 0 Å². The molecular formula is C23H27NO4. The van der Waals surface area contributed by atoms with Gasteiger partial charge in [-0.1, -0.05) is 48.5 Å². The standard InChI is InChI=1S/C23H27NO4/c1-3-27-21(25)15-20-22-17(2)9-7-12-19(22)13-8-14-24(20)23(26)28-16-18-10-5-4-6-11-18/h4-7,9-12,20H,3,8,13-16H2,1-2H3. The van der Waals surface area contributed by atoms with Crippen molar-refractivity contribution in [2.75, 3.05) is 13.2 Å². The monoisotopic (exact) mass is 381 g/mol. The summed E-state index contributed by atoms with van der Waals surface area (Å²) in [7, 11) is 0. The van der Waals surface area contributed by atoms with Crippen molar-refractivity contribution in [2.45, 2.75) is 45.8 Å². The number of rotatable bonds is 5. The third-order valence-corrected chi connectivity index (χ3v) is 5.07. The average molecular weight is 381 g/mol. The van der Waals surface area contributed by atoms with Crippen LogP contribution in [0, 0.1) is 6.92 Å². The minimum atomic E-state index is -0.394. The Balaban J connectivity index is 1.85. The number of carbonyl (C=O) groups excluding carboxylic acids is 2. The molecule has 2 aromatic rings. The lowest BCUT2D eigenvalue weighted by Gasteiger charge is -2.30. The number of carbonyl (C=O) groups is 2. The van der Waals surface area contributed by atoms with Crippen LogP contribution in [0.15, 0.2) is 48.5 Å². The Morgan fingerprint density at radius 1 is 1.07 bits per heavy atom. The van der Waals surface area contributed by atoms with Gasteiger partial charge in [0.25, 0.3) is 0 Å². The van der Waals surface area contributed by atoms with Crippen molar-refractivity contribution in [3.8, 4) is 0 Å². The first kappa shape index (κ1) is 19.9. The van der Waals surface area contributed by atoms with Crippen molar-refractivity contribution in [3.63, 3.8) is 0 Å². The van der Waals surface area contributed by atoms with Gasteiger partial charge in [0.2, 0.25) is 0 Å². The van der Waals surface area contributed by atoms with Crippen LogP contribution in [0.4, 0.5) is 4.79 Å². The number of fused-ring (bicyclic) bond motifs is 1. The second kappa shape index (κ2) is 9.40. The molecule has 2 aromatic carbocycles. The van der Waals surface area contributed by atoms with E-state index in [0.717, 1.165) is 29.5 Å². The number of amides is 1. The first-order valence-electron chi connectivity index (χ1n) is 9.81. The van der Waals surface area contributed by atoms with Crippen LogP contribution in [0.1, 0.15) is 48.1 Å². The summed E-state index contributed by atoms with van der Waals surface area (Å²) in [6.07, 6.45) is 1.44. The summed E-state index contributed by atoms with van der Waals surface area (Å²) in [6.45, 7) is 4.89. The van der Waals surface area contributed by atoms with E-state index in [0.29, 0.717) is 13.2 Å². The predicted molar refractivity (Wildman–Crippen MR) is 107 cm³/mol.